The predicted octanol–water partition coefficient (Wildman–Crippen LogP) is 9.17. The molecule has 1 fully saturated rings. The van der Waals surface area contributed by atoms with Crippen LogP contribution in [0.15, 0.2) is 48.6 Å². The van der Waals surface area contributed by atoms with Crippen LogP contribution in [0.25, 0.3) is 5.57 Å². The SMILES string of the molecule is CC=CC1CC=C(c2ccc(CCC3CCC(c4ccc(OCC)c(F)c4)CC3)c(F)c2F)CC1. The summed E-state index contributed by atoms with van der Waals surface area (Å²) < 4.78 is 49.4. The van der Waals surface area contributed by atoms with E-state index in [-0.39, 0.29) is 5.82 Å². The minimum Gasteiger partial charge on any atom is -0.491 e. The van der Waals surface area contributed by atoms with Crippen molar-refractivity contribution in [3.8, 4) is 5.75 Å². The maximum absolute atomic E-state index is 14.9. The fourth-order valence-corrected chi connectivity index (χ4v) is 5.76. The van der Waals surface area contributed by atoms with Gasteiger partial charge in [-0.1, -0.05) is 36.4 Å². The molecule has 1 atom stereocenters. The highest BCUT2D eigenvalue weighted by molar-refractivity contribution is 5.67. The summed E-state index contributed by atoms with van der Waals surface area (Å²) in [6.45, 7) is 4.31. The van der Waals surface area contributed by atoms with Crippen LogP contribution in [0.5, 0.6) is 5.75 Å². The monoisotopic (exact) mass is 482 g/mol. The molecule has 2 aromatic carbocycles. The van der Waals surface area contributed by atoms with Gasteiger partial charge in [-0.3, -0.25) is 0 Å². The lowest BCUT2D eigenvalue weighted by atomic mass is 9.77. The van der Waals surface area contributed by atoms with Gasteiger partial charge in [-0.25, -0.2) is 13.2 Å². The fraction of sp³-hybridized carbons (Fsp3) is 0.484. The van der Waals surface area contributed by atoms with Crippen molar-refractivity contribution in [2.45, 2.75) is 77.6 Å². The molecule has 0 spiro atoms. The first-order chi connectivity index (χ1) is 17.0. The summed E-state index contributed by atoms with van der Waals surface area (Å²) in [6, 6.07) is 8.86. The van der Waals surface area contributed by atoms with E-state index in [1.54, 1.807) is 24.3 Å². The molecular weight excluding hydrogens is 445 g/mol. The molecule has 1 unspecified atom stereocenters. The lowest BCUT2D eigenvalue weighted by Gasteiger charge is -2.29. The third-order valence-electron chi connectivity index (χ3n) is 7.82. The van der Waals surface area contributed by atoms with Crippen molar-refractivity contribution in [3.63, 3.8) is 0 Å². The van der Waals surface area contributed by atoms with Crippen LogP contribution in [-0.4, -0.2) is 6.61 Å². The van der Waals surface area contributed by atoms with Gasteiger partial charge in [0, 0.05) is 5.56 Å². The molecule has 2 aromatic rings. The molecule has 1 saturated carbocycles. The van der Waals surface area contributed by atoms with Crippen LogP contribution in [0, 0.1) is 29.3 Å². The summed E-state index contributed by atoms with van der Waals surface area (Å²) in [5, 5.41) is 0. The van der Waals surface area contributed by atoms with Crippen LogP contribution in [0.1, 0.15) is 87.8 Å². The van der Waals surface area contributed by atoms with Crippen LogP contribution in [0.2, 0.25) is 0 Å². The Labute approximate surface area is 208 Å². The second kappa shape index (κ2) is 12.0. The standard InChI is InChI=1S/C31H37F3O/c1-3-5-21-8-13-24(14-9-21)27-18-16-25(30(33)31(27)34)15-10-22-6-11-23(12-7-22)26-17-19-29(35-4-2)28(32)20-26/h3,5,13,16-23H,4,6-12,14-15H2,1-2H3. The number of hydrogen-bond acceptors (Lipinski definition) is 1. The minimum atomic E-state index is -0.695. The Hall–Kier alpha value is -2.49. The zero-order valence-corrected chi connectivity index (χ0v) is 21.0. The van der Waals surface area contributed by atoms with Crippen LogP contribution in [0.4, 0.5) is 13.2 Å². The molecule has 0 saturated heterocycles. The zero-order chi connectivity index (χ0) is 24.8. The Morgan fingerprint density at radius 3 is 2.43 bits per heavy atom. The number of halogens is 3. The number of benzene rings is 2. The third-order valence-corrected chi connectivity index (χ3v) is 7.82. The van der Waals surface area contributed by atoms with Gasteiger partial charge in [-0.15, -0.1) is 0 Å². The van der Waals surface area contributed by atoms with Gasteiger partial charge in [0.25, 0.3) is 0 Å². The average molecular weight is 483 g/mol. The molecule has 2 aliphatic carbocycles. The molecular formula is C31H37F3O. The van der Waals surface area contributed by atoms with E-state index in [2.05, 4.69) is 18.2 Å². The maximum atomic E-state index is 14.9. The largest absolute Gasteiger partial charge is 0.491 e. The highest BCUT2D eigenvalue weighted by Crippen LogP contribution is 2.39. The predicted molar refractivity (Wildman–Crippen MR) is 137 cm³/mol. The van der Waals surface area contributed by atoms with E-state index in [1.807, 2.05) is 19.9 Å². The van der Waals surface area contributed by atoms with Gasteiger partial charge < -0.3 is 4.74 Å². The van der Waals surface area contributed by atoms with Crippen LogP contribution < -0.4 is 4.74 Å². The average Bonchev–Trinajstić information content (AvgIpc) is 2.87. The first-order valence-corrected chi connectivity index (χ1v) is 13.2. The van der Waals surface area contributed by atoms with E-state index < -0.39 is 11.6 Å². The van der Waals surface area contributed by atoms with E-state index in [9.17, 15) is 13.2 Å². The highest BCUT2D eigenvalue weighted by atomic mass is 19.2. The summed E-state index contributed by atoms with van der Waals surface area (Å²) in [5.41, 5.74) is 2.86. The van der Waals surface area contributed by atoms with Crippen LogP contribution in [0.3, 0.4) is 0 Å². The van der Waals surface area contributed by atoms with Gasteiger partial charge in [0.15, 0.2) is 23.2 Å². The summed E-state index contributed by atoms with van der Waals surface area (Å²) in [7, 11) is 0. The summed E-state index contributed by atoms with van der Waals surface area (Å²) in [6.07, 6.45) is 14.4. The smallest absolute Gasteiger partial charge is 0.166 e. The molecule has 2 aliphatic rings. The van der Waals surface area contributed by atoms with E-state index in [1.165, 1.54) is 0 Å². The van der Waals surface area contributed by atoms with Gasteiger partial charge in [0.1, 0.15) is 0 Å². The maximum Gasteiger partial charge on any atom is 0.166 e. The van der Waals surface area contributed by atoms with Gasteiger partial charge in [0.05, 0.1) is 6.61 Å². The summed E-state index contributed by atoms with van der Waals surface area (Å²) in [4.78, 5) is 0. The van der Waals surface area contributed by atoms with E-state index in [0.29, 0.717) is 47.7 Å². The van der Waals surface area contributed by atoms with Gasteiger partial charge in [-0.2, -0.15) is 0 Å². The summed E-state index contributed by atoms with van der Waals surface area (Å²) in [5.74, 6) is -0.0278. The third kappa shape index (κ3) is 6.20. The number of aryl methyl sites for hydroxylation is 1. The lowest BCUT2D eigenvalue weighted by Crippen LogP contribution is -2.15. The molecule has 0 radical (unpaired) electrons. The van der Waals surface area contributed by atoms with Crippen molar-refractivity contribution in [3.05, 3.63) is 82.7 Å². The van der Waals surface area contributed by atoms with Crippen molar-refractivity contribution in [1.82, 2.24) is 0 Å². The van der Waals surface area contributed by atoms with Crippen LogP contribution in [-0.2, 0) is 6.42 Å². The molecule has 0 N–H and O–H groups in total. The molecule has 0 aliphatic heterocycles. The number of rotatable bonds is 8. The molecule has 4 rings (SSSR count). The normalized spacial score (nSPS) is 22.9. The van der Waals surface area contributed by atoms with E-state index in [0.717, 1.165) is 62.5 Å². The van der Waals surface area contributed by atoms with Gasteiger partial charge in [0.2, 0.25) is 0 Å². The molecule has 1 nitrogen and oxygen atoms in total. The highest BCUT2D eigenvalue weighted by Gasteiger charge is 2.24. The van der Waals surface area contributed by atoms with E-state index in [4.69, 9.17) is 4.74 Å². The van der Waals surface area contributed by atoms with Crippen LogP contribution >= 0.6 is 0 Å². The summed E-state index contributed by atoms with van der Waals surface area (Å²) >= 11 is 0. The van der Waals surface area contributed by atoms with Crippen molar-refractivity contribution in [1.29, 1.82) is 0 Å². The lowest BCUT2D eigenvalue weighted by molar-refractivity contribution is 0.306. The topological polar surface area (TPSA) is 9.23 Å². The second-order valence-electron chi connectivity index (χ2n) is 10.1. The Kier molecular flexibility index (Phi) is 8.75. The van der Waals surface area contributed by atoms with E-state index >= 15 is 0 Å². The number of allylic oxidation sites excluding steroid dienone is 4. The quantitative estimate of drug-likeness (QED) is 0.341. The fourth-order valence-electron chi connectivity index (χ4n) is 5.76. The second-order valence-corrected chi connectivity index (χ2v) is 10.1. The molecule has 0 aromatic heterocycles. The van der Waals surface area contributed by atoms with Gasteiger partial charge >= 0.3 is 0 Å². The Morgan fingerprint density at radius 1 is 0.971 bits per heavy atom. The first kappa shape index (κ1) is 25.6. The molecule has 0 amide bonds. The molecule has 35 heavy (non-hydrogen) atoms. The van der Waals surface area contributed by atoms with Crippen molar-refractivity contribution >= 4 is 5.57 Å². The molecule has 4 heteroatoms. The molecule has 0 heterocycles. The Morgan fingerprint density at radius 2 is 1.77 bits per heavy atom. The minimum absolute atomic E-state index is 0.297. The van der Waals surface area contributed by atoms with Crippen molar-refractivity contribution in [2.75, 3.05) is 6.61 Å². The van der Waals surface area contributed by atoms with Crippen molar-refractivity contribution in [2.24, 2.45) is 11.8 Å². The zero-order valence-electron chi connectivity index (χ0n) is 21.0. The Bertz CT molecular complexity index is 1060. The van der Waals surface area contributed by atoms with Crippen molar-refractivity contribution < 1.29 is 17.9 Å². The number of ether oxygens (including phenoxy) is 1. The molecule has 0 bridgehead atoms. The number of hydrogen-bond donors (Lipinski definition) is 0. The Balaban J connectivity index is 1.31. The molecule has 188 valence electrons. The first-order valence-electron chi connectivity index (χ1n) is 13.2. The van der Waals surface area contributed by atoms with Gasteiger partial charge in [-0.05, 0) is 118 Å².